The Hall–Kier alpha value is -2.26. The van der Waals surface area contributed by atoms with Crippen molar-refractivity contribution >= 4 is 5.69 Å². The fraction of sp³-hybridized carbons (Fsp3) is 0.100. The van der Waals surface area contributed by atoms with Crippen LogP contribution in [-0.2, 0) is 7.05 Å². The van der Waals surface area contributed by atoms with Crippen LogP contribution >= 0.6 is 0 Å². The summed E-state index contributed by atoms with van der Waals surface area (Å²) in [7, 11) is 1.87. The Bertz CT molecular complexity index is 505. The normalized spacial score (nSPS) is 9.67. The minimum atomic E-state index is 0.616. The molecule has 0 N–H and O–H groups in total. The molecule has 2 aromatic rings. The molecule has 0 fully saturated rings. The van der Waals surface area contributed by atoms with Crippen molar-refractivity contribution in [1.29, 1.82) is 0 Å². The van der Waals surface area contributed by atoms with Gasteiger partial charge in [0.05, 0.1) is 6.20 Å². The van der Waals surface area contributed by atoms with Crippen molar-refractivity contribution in [3.05, 3.63) is 47.1 Å². The van der Waals surface area contributed by atoms with Gasteiger partial charge in [-0.05, 0) is 11.1 Å². The second-order valence-corrected chi connectivity index (χ2v) is 3.14. The summed E-state index contributed by atoms with van der Waals surface area (Å²) < 4.78 is 1.75. The van der Waals surface area contributed by atoms with E-state index in [1.807, 2.05) is 25.4 Å². The molecule has 1 aromatic heterocycles. The van der Waals surface area contributed by atoms with E-state index in [-0.39, 0.29) is 0 Å². The van der Waals surface area contributed by atoms with E-state index in [9.17, 15) is 0 Å². The zero-order valence-corrected chi connectivity index (χ0v) is 8.20. The van der Waals surface area contributed by atoms with Gasteiger partial charge in [-0.3, -0.25) is 4.68 Å². The third kappa shape index (κ3) is 1.98. The maximum Gasteiger partial charge on any atom is 0.0568 e. The van der Waals surface area contributed by atoms with Crippen LogP contribution < -0.4 is 0 Å². The Labute approximate surface area is 86.6 Å². The molecule has 0 bridgehead atoms. The van der Waals surface area contributed by atoms with Crippen molar-refractivity contribution in [1.82, 2.24) is 9.78 Å². The maximum atomic E-state index is 8.25. The lowest BCUT2D eigenvalue weighted by atomic mass is 10.1. The summed E-state index contributed by atoms with van der Waals surface area (Å²) in [5.74, 6) is 0. The summed E-state index contributed by atoms with van der Waals surface area (Å²) in [5.41, 5.74) is 11.0. The van der Waals surface area contributed by atoms with Gasteiger partial charge in [0.1, 0.15) is 0 Å². The fourth-order valence-electron chi connectivity index (χ4n) is 1.34. The summed E-state index contributed by atoms with van der Waals surface area (Å²) >= 11 is 0. The summed E-state index contributed by atoms with van der Waals surface area (Å²) in [5, 5.41) is 7.59. The zero-order valence-electron chi connectivity index (χ0n) is 8.20. The Morgan fingerprint density at radius 2 is 2.00 bits per heavy atom. The van der Waals surface area contributed by atoms with Gasteiger partial charge >= 0.3 is 0 Å². The van der Waals surface area contributed by atoms with Crippen molar-refractivity contribution in [2.75, 3.05) is 0 Å². The Kier molecular flexibility index (Phi) is 2.39. The van der Waals surface area contributed by atoms with Crippen molar-refractivity contribution in [2.24, 2.45) is 12.2 Å². The highest BCUT2D eigenvalue weighted by molar-refractivity contribution is 5.63. The molecule has 1 aromatic carbocycles. The molecule has 5 heteroatoms. The van der Waals surface area contributed by atoms with E-state index in [4.69, 9.17) is 5.53 Å². The minimum absolute atomic E-state index is 0.616. The van der Waals surface area contributed by atoms with Gasteiger partial charge in [-0.1, -0.05) is 29.4 Å². The predicted octanol–water partition coefficient (Wildman–Crippen LogP) is 3.03. The highest BCUT2D eigenvalue weighted by atomic mass is 15.2. The van der Waals surface area contributed by atoms with Crippen LogP contribution in [0.25, 0.3) is 21.6 Å². The third-order valence-electron chi connectivity index (χ3n) is 2.07. The van der Waals surface area contributed by atoms with E-state index in [0.717, 1.165) is 11.1 Å². The molecule has 2 rings (SSSR count). The molecule has 0 spiro atoms. The molecule has 0 aliphatic heterocycles. The van der Waals surface area contributed by atoms with E-state index in [1.165, 1.54) is 0 Å². The van der Waals surface area contributed by atoms with E-state index >= 15 is 0 Å². The Balaban J connectivity index is 2.35. The molecular weight excluding hydrogens is 190 g/mol. The van der Waals surface area contributed by atoms with Crippen LogP contribution in [0.15, 0.2) is 41.8 Å². The van der Waals surface area contributed by atoms with E-state index in [2.05, 4.69) is 15.1 Å². The minimum Gasteiger partial charge on any atom is -0.275 e. The molecular formula is C10H9N5. The average molecular weight is 199 g/mol. The highest BCUT2D eigenvalue weighted by Crippen LogP contribution is 2.21. The van der Waals surface area contributed by atoms with Crippen molar-refractivity contribution in [3.8, 4) is 11.1 Å². The lowest BCUT2D eigenvalue weighted by molar-refractivity contribution is 0.768. The molecule has 74 valence electrons. The summed E-state index contributed by atoms with van der Waals surface area (Å²) in [6.07, 6.45) is 3.73. The summed E-state index contributed by atoms with van der Waals surface area (Å²) in [6.45, 7) is 0. The molecule has 0 saturated heterocycles. The van der Waals surface area contributed by atoms with Gasteiger partial charge in [0, 0.05) is 29.4 Å². The lowest BCUT2D eigenvalue weighted by Gasteiger charge is -1.96. The fourth-order valence-corrected chi connectivity index (χ4v) is 1.34. The number of nitrogens with zero attached hydrogens (tertiary/aromatic N) is 5. The first-order valence-electron chi connectivity index (χ1n) is 4.44. The van der Waals surface area contributed by atoms with Crippen LogP contribution in [-0.4, -0.2) is 9.78 Å². The number of hydrogen-bond acceptors (Lipinski definition) is 2. The first-order chi connectivity index (χ1) is 7.29. The number of aryl methyl sites for hydroxylation is 1. The van der Waals surface area contributed by atoms with Gasteiger partial charge in [0.15, 0.2) is 0 Å². The quantitative estimate of drug-likeness (QED) is 0.416. The van der Waals surface area contributed by atoms with E-state index in [0.29, 0.717) is 5.69 Å². The van der Waals surface area contributed by atoms with Crippen LogP contribution in [0.1, 0.15) is 0 Å². The van der Waals surface area contributed by atoms with Gasteiger partial charge < -0.3 is 0 Å². The number of rotatable bonds is 2. The number of hydrogen-bond donors (Lipinski definition) is 0. The molecule has 0 saturated carbocycles. The molecule has 0 radical (unpaired) electrons. The molecule has 0 amide bonds. The molecule has 5 nitrogen and oxygen atoms in total. The molecule has 0 unspecified atom stereocenters. The van der Waals surface area contributed by atoms with E-state index < -0.39 is 0 Å². The van der Waals surface area contributed by atoms with Crippen LogP contribution in [0.3, 0.4) is 0 Å². The molecule has 15 heavy (non-hydrogen) atoms. The maximum absolute atomic E-state index is 8.25. The molecule has 1 heterocycles. The number of azide groups is 1. The number of aromatic nitrogens is 2. The Morgan fingerprint density at radius 1 is 1.27 bits per heavy atom. The van der Waals surface area contributed by atoms with Gasteiger partial charge in [-0.2, -0.15) is 5.10 Å². The topological polar surface area (TPSA) is 66.6 Å². The van der Waals surface area contributed by atoms with Crippen molar-refractivity contribution in [2.45, 2.75) is 0 Å². The van der Waals surface area contributed by atoms with Crippen LogP contribution in [0.2, 0.25) is 0 Å². The Morgan fingerprint density at radius 3 is 2.53 bits per heavy atom. The van der Waals surface area contributed by atoms with Crippen molar-refractivity contribution in [3.63, 3.8) is 0 Å². The monoisotopic (exact) mass is 199 g/mol. The van der Waals surface area contributed by atoms with Gasteiger partial charge in [0.25, 0.3) is 0 Å². The largest absolute Gasteiger partial charge is 0.275 e. The van der Waals surface area contributed by atoms with E-state index in [1.54, 1.807) is 23.0 Å². The van der Waals surface area contributed by atoms with Crippen LogP contribution in [0.4, 0.5) is 5.69 Å². The second-order valence-electron chi connectivity index (χ2n) is 3.14. The van der Waals surface area contributed by atoms with Crippen molar-refractivity contribution < 1.29 is 0 Å². The standard InChI is InChI=1S/C10H9N5/c1-15-7-9(6-12-15)8-2-4-10(5-3-8)13-14-11/h2-7H,1H3. The van der Waals surface area contributed by atoms with Gasteiger partial charge in [-0.15, -0.1) is 0 Å². The van der Waals surface area contributed by atoms with Crippen LogP contribution in [0.5, 0.6) is 0 Å². The lowest BCUT2D eigenvalue weighted by Crippen LogP contribution is -1.84. The molecule has 0 aliphatic carbocycles. The zero-order chi connectivity index (χ0) is 10.7. The molecule has 0 atom stereocenters. The number of benzene rings is 1. The predicted molar refractivity (Wildman–Crippen MR) is 57.5 cm³/mol. The van der Waals surface area contributed by atoms with Gasteiger partial charge in [0.2, 0.25) is 0 Å². The SMILES string of the molecule is Cn1cc(-c2ccc(N=[N+]=[N-])cc2)cn1. The van der Waals surface area contributed by atoms with Gasteiger partial charge in [-0.25, -0.2) is 0 Å². The molecule has 0 aliphatic rings. The highest BCUT2D eigenvalue weighted by Gasteiger charge is 1.99. The first-order valence-corrected chi connectivity index (χ1v) is 4.44. The third-order valence-corrected chi connectivity index (χ3v) is 2.07. The van der Waals surface area contributed by atoms with Crippen LogP contribution in [0, 0.1) is 0 Å². The second kappa shape index (κ2) is 3.86. The first kappa shape index (κ1) is 9.30. The average Bonchev–Trinajstić information content (AvgIpc) is 2.67. The summed E-state index contributed by atoms with van der Waals surface area (Å²) in [6, 6.07) is 7.37. The smallest absolute Gasteiger partial charge is 0.0568 e. The summed E-state index contributed by atoms with van der Waals surface area (Å²) in [4.78, 5) is 2.72.